The molecule has 0 unspecified atom stereocenters. The molecule has 0 bridgehead atoms. The Morgan fingerprint density at radius 1 is 1.06 bits per heavy atom. The second-order valence-electron chi connectivity index (χ2n) is 3.75. The van der Waals surface area contributed by atoms with Crippen molar-refractivity contribution in [3.63, 3.8) is 0 Å². The molecule has 2 heterocycles. The van der Waals surface area contributed by atoms with E-state index in [1.807, 2.05) is 43.4 Å². The molecule has 17 heavy (non-hydrogen) atoms. The third-order valence-electron chi connectivity index (χ3n) is 2.46. The van der Waals surface area contributed by atoms with Crippen LogP contribution in [-0.2, 0) is 0 Å². The predicted octanol–water partition coefficient (Wildman–Crippen LogP) is 2.02. The van der Waals surface area contributed by atoms with E-state index < -0.39 is 0 Å². The molecule has 4 heteroatoms. The number of pyridine rings is 2. The number of hydrogen-bond donors (Lipinski definition) is 1. The van der Waals surface area contributed by atoms with E-state index in [9.17, 15) is 0 Å². The summed E-state index contributed by atoms with van der Waals surface area (Å²) in [6.45, 7) is 1.72. The number of nitrogens with one attached hydrogen (secondary N) is 1. The third-order valence-corrected chi connectivity index (χ3v) is 2.46. The molecular weight excluding hydrogens is 212 g/mol. The van der Waals surface area contributed by atoms with Crippen molar-refractivity contribution in [3.05, 3.63) is 48.8 Å². The molecule has 0 saturated heterocycles. The van der Waals surface area contributed by atoms with Crippen molar-refractivity contribution >= 4 is 11.6 Å². The average molecular weight is 228 g/mol. The van der Waals surface area contributed by atoms with Gasteiger partial charge in [-0.05, 0) is 24.3 Å². The molecule has 0 fully saturated rings. The van der Waals surface area contributed by atoms with E-state index in [1.54, 1.807) is 12.4 Å². The SMILES string of the molecule is CN(CCNc1ccccn1)c1ccccn1. The maximum atomic E-state index is 4.29. The van der Waals surface area contributed by atoms with Gasteiger partial charge in [0.05, 0.1) is 0 Å². The minimum Gasteiger partial charge on any atom is -0.368 e. The largest absolute Gasteiger partial charge is 0.368 e. The Hall–Kier alpha value is -2.10. The smallest absolute Gasteiger partial charge is 0.128 e. The van der Waals surface area contributed by atoms with Gasteiger partial charge in [0.25, 0.3) is 0 Å². The van der Waals surface area contributed by atoms with Crippen molar-refractivity contribution in [1.82, 2.24) is 9.97 Å². The highest BCUT2D eigenvalue weighted by atomic mass is 15.2. The first-order valence-electron chi connectivity index (χ1n) is 5.63. The van der Waals surface area contributed by atoms with Crippen molar-refractivity contribution in [1.29, 1.82) is 0 Å². The Bertz CT molecular complexity index is 430. The van der Waals surface area contributed by atoms with E-state index in [0.29, 0.717) is 0 Å². The highest BCUT2D eigenvalue weighted by Crippen LogP contribution is 2.06. The number of aromatic nitrogens is 2. The summed E-state index contributed by atoms with van der Waals surface area (Å²) in [5, 5.41) is 3.26. The van der Waals surface area contributed by atoms with E-state index in [4.69, 9.17) is 0 Å². The number of hydrogen-bond acceptors (Lipinski definition) is 4. The minimum atomic E-state index is 0.837. The molecule has 0 aliphatic heterocycles. The summed E-state index contributed by atoms with van der Waals surface area (Å²) in [5.74, 6) is 1.89. The molecule has 0 radical (unpaired) electrons. The van der Waals surface area contributed by atoms with Crippen LogP contribution < -0.4 is 10.2 Å². The molecule has 4 nitrogen and oxygen atoms in total. The molecule has 2 aromatic heterocycles. The monoisotopic (exact) mass is 228 g/mol. The lowest BCUT2D eigenvalue weighted by atomic mass is 10.4. The van der Waals surface area contributed by atoms with Gasteiger partial charge in [0.15, 0.2) is 0 Å². The van der Waals surface area contributed by atoms with Crippen LogP contribution in [0.25, 0.3) is 0 Å². The Balaban J connectivity index is 1.79. The lowest BCUT2D eigenvalue weighted by Gasteiger charge is -2.18. The molecule has 0 aromatic carbocycles. The van der Waals surface area contributed by atoms with Crippen LogP contribution in [-0.4, -0.2) is 30.1 Å². The standard InChI is InChI=1S/C13H16N4/c1-17(13-7-3-5-9-16-13)11-10-15-12-6-2-4-8-14-12/h2-9H,10-11H2,1H3,(H,14,15). The van der Waals surface area contributed by atoms with Gasteiger partial charge in [0.2, 0.25) is 0 Å². The van der Waals surface area contributed by atoms with Gasteiger partial charge in [0, 0.05) is 32.5 Å². The Morgan fingerprint density at radius 3 is 2.47 bits per heavy atom. The molecule has 2 aromatic rings. The number of rotatable bonds is 5. The summed E-state index contributed by atoms with van der Waals surface area (Å²) < 4.78 is 0. The van der Waals surface area contributed by atoms with Gasteiger partial charge in [-0.15, -0.1) is 0 Å². The van der Waals surface area contributed by atoms with Crippen LogP contribution in [0.4, 0.5) is 11.6 Å². The van der Waals surface area contributed by atoms with Crippen LogP contribution in [0, 0.1) is 0 Å². The summed E-state index contributed by atoms with van der Waals surface area (Å²) in [5.41, 5.74) is 0. The molecule has 0 spiro atoms. The number of likely N-dealkylation sites (N-methyl/N-ethyl adjacent to an activating group) is 1. The van der Waals surface area contributed by atoms with Crippen LogP contribution in [0.15, 0.2) is 48.8 Å². The minimum absolute atomic E-state index is 0.837. The Kier molecular flexibility index (Phi) is 3.91. The van der Waals surface area contributed by atoms with E-state index in [-0.39, 0.29) is 0 Å². The summed E-state index contributed by atoms with van der Waals surface area (Å²) in [7, 11) is 2.03. The van der Waals surface area contributed by atoms with Gasteiger partial charge in [-0.2, -0.15) is 0 Å². The van der Waals surface area contributed by atoms with Crippen LogP contribution >= 0.6 is 0 Å². The fourth-order valence-corrected chi connectivity index (χ4v) is 1.51. The van der Waals surface area contributed by atoms with Crippen LogP contribution in [0.2, 0.25) is 0 Å². The molecule has 0 saturated carbocycles. The first kappa shape index (κ1) is 11.4. The fourth-order valence-electron chi connectivity index (χ4n) is 1.51. The summed E-state index contributed by atoms with van der Waals surface area (Å²) in [6, 6.07) is 11.7. The van der Waals surface area contributed by atoms with Gasteiger partial charge in [0.1, 0.15) is 11.6 Å². The van der Waals surface area contributed by atoms with Crippen molar-refractivity contribution in [2.45, 2.75) is 0 Å². The Morgan fingerprint density at radius 2 is 1.82 bits per heavy atom. The fraction of sp³-hybridized carbons (Fsp3) is 0.231. The summed E-state index contributed by atoms with van der Waals surface area (Å²) in [4.78, 5) is 10.6. The first-order valence-corrected chi connectivity index (χ1v) is 5.63. The van der Waals surface area contributed by atoms with Crippen molar-refractivity contribution in [3.8, 4) is 0 Å². The zero-order valence-electron chi connectivity index (χ0n) is 9.87. The maximum Gasteiger partial charge on any atom is 0.128 e. The van der Waals surface area contributed by atoms with Gasteiger partial charge < -0.3 is 10.2 Å². The van der Waals surface area contributed by atoms with Crippen molar-refractivity contribution < 1.29 is 0 Å². The summed E-state index contributed by atoms with van der Waals surface area (Å²) >= 11 is 0. The second kappa shape index (κ2) is 5.84. The molecule has 1 N–H and O–H groups in total. The van der Waals surface area contributed by atoms with Crippen LogP contribution in [0.5, 0.6) is 0 Å². The Labute approximate surface area is 101 Å². The van der Waals surface area contributed by atoms with Gasteiger partial charge in [-0.25, -0.2) is 9.97 Å². The van der Waals surface area contributed by atoms with E-state index in [0.717, 1.165) is 24.7 Å². The number of anilines is 2. The van der Waals surface area contributed by atoms with Crippen LogP contribution in [0.3, 0.4) is 0 Å². The van der Waals surface area contributed by atoms with Gasteiger partial charge in [-0.1, -0.05) is 12.1 Å². The summed E-state index contributed by atoms with van der Waals surface area (Å²) in [6.07, 6.45) is 3.59. The lowest BCUT2D eigenvalue weighted by Crippen LogP contribution is -2.25. The first-order chi connectivity index (χ1) is 8.36. The van der Waals surface area contributed by atoms with Gasteiger partial charge in [-0.3, -0.25) is 0 Å². The highest BCUT2D eigenvalue weighted by molar-refractivity contribution is 5.38. The molecule has 0 amide bonds. The molecule has 88 valence electrons. The second-order valence-corrected chi connectivity index (χ2v) is 3.75. The number of nitrogens with zero attached hydrogens (tertiary/aromatic N) is 3. The zero-order valence-corrected chi connectivity index (χ0v) is 9.87. The predicted molar refractivity (Wildman–Crippen MR) is 70.2 cm³/mol. The van der Waals surface area contributed by atoms with Gasteiger partial charge >= 0.3 is 0 Å². The molecule has 0 atom stereocenters. The van der Waals surface area contributed by atoms with E-state index in [1.165, 1.54) is 0 Å². The molecule has 2 rings (SSSR count). The average Bonchev–Trinajstić information content (AvgIpc) is 2.41. The maximum absolute atomic E-state index is 4.29. The lowest BCUT2D eigenvalue weighted by molar-refractivity contribution is 0.890. The molecule has 0 aliphatic carbocycles. The van der Waals surface area contributed by atoms with Crippen molar-refractivity contribution in [2.24, 2.45) is 0 Å². The zero-order chi connectivity index (χ0) is 11.9. The van der Waals surface area contributed by atoms with Crippen molar-refractivity contribution in [2.75, 3.05) is 30.4 Å². The highest BCUT2D eigenvalue weighted by Gasteiger charge is 2.00. The third kappa shape index (κ3) is 3.45. The molecule has 0 aliphatic rings. The quantitative estimate of drug-likeness (QED) is 0.850. The topological polar surface area (TPSA) is 41.0 Å². The normalized spacial score (nSPS) is 9.94. The van der Waals surface area contributed by atoms with E-state index >= 15 is 0 Å². The van der Waals surface area contributed by atoms with E-state index in [2.05, 4.69) is 20.2 Å². The van der Waals surface area contributed by atoms with Crippen LogP contribution in [0.1, 0.15) is 0 Å². The molecular formula is C13H16N4.